The van der Waals surface area contributed by atoms with Crippen LogP contribution >= 0.6 is 0 Å². The molecule has 0 unspecified atom stereocenters. The van der Waals surface area contributed by atoms with Crippen molar-refractivity contribution < 1.29 is 28.7 Å². The van der Waals surface area contributed by atoms with Gasteiger partial charge >= 0.3 is 5.97 Å². The van der Waals surface area contributed by atoms with Gasteiger partial charge in [0.1, 0.15) is 11.9 Å². The summed E-state index contributed by atoms with van der Waals surface area (Å²) >= 11 is 0. The second-order valence-corrected chi connectivity index (χ2v) is 6.28. The molecular formula is C20H17NO6. The molecule has 27 heavy (non-hydrogen) atoms. The molecule has 7 nitrogen and oxygen atoms in total. The van der Waals surface area contributed by atoms with E-state index in [9.17, 15) is 14.4 Å². The summed E-state index contributed by atoms with van der Waals surface area (Å²) in [5, 5.41) is 0.499. The van der Waals surface area contributed by atoms with Gasteiger partial charge in [-0.05, 0) is 36.4 Å². The fourth-order valence-corrected chi connectivity index (χ4v) is 3.04. The number of benzene rings is 2. The minimum Gasteiger partial charge on any atom is -0.490 e. The van der Waals surface area contributed by atoms with Crippen molar-refractivity contribution in [2.75, 3.05) is 13.2 Å². The highest BCUT2D eigenvalue weighted by atomic mass is 16.7. The zero-order valence-corrected chi connectivity index (χ0v) is 14.4. The highest BCUT2D eigenvalue weighted by molar-refractivity contribution is 6.21. The molecule has 0 bridgehead atoms. The van der Waals surface area contributed by atoms with Gasteiger partial charge in [-0.1, -0.05) is 17.2 Å². The Morgan fingerprint density at radius 3 is 2.11 bits per heavy atom. The van der Waals surface area contributed by atoms with Crippen molar-refractivity contribution in [3.05, 3.63) is 65.2 Å². The maximum Gasteiger partial charge on any atom is 0.363 e. The molecular weight excluding hydrogens is 350 g/mol. The topological polar surface area (TPSA) is 82.1 Å². The van der Waals surface area contributed by atoms with E-state index in [0.717, 1.165) is 12.8 Å². The van der Waals surface area contributed by atoms with Gasteiger partial charge in [0.05, 0.1) is 29.9 Å². The van der Waals surface area contributed by atoms with Crippen LogP contribution in [0.3, 0.4) is 0 Å². The third kappa shape index (κ3) is 3.41. The van der Waals surface area contributed by atoms with Gasteiger partial charge in [-0.3, -0.25) is 9.59 Å². The highest BCUT2D eigenvalue weighted by Gasteiger charge is 2.38. The number of amides is 2. The van der Waals surface area contributed by atoms with E-state index < -0.39 is 17.8 Å². The minimum absolute atomic E-state index is 0.0925. The molecule has 0 atom stereocenters. The predicted octanol–water partition coefficient (Wildman–Crippen LogP) is 2.61. The zero-order chi connectivity index (χ0) is 18.8. The lowest BCUT2D eigenvalue weighted by molar-refractivity contribution is -0.0584. The maximum absolute atomic E-state index is 12.3. The molecule has 2 amide bonds. The number of carbonyl (C=O) groups is 3. The molecule has 1 fully saturated rings. The number of carbonyl (C=O) groups excluding carboxylic acids is 3. The molecule has 7 heteroatoms. The number of imide groups is 1. The first-order chi connectivity index (χ1) is 13.1. The predicted molar refractivity (Wildman–Crippen MR) is 93.3 cm³/mol. The number of ether oxygens (including phenoxy) is 2. The third-order valence-corrected chi connectivity index (χ3v) is 4.49. The first-order valence-corrected chi connectivity index (χ1v) is 8.68. The van der Waals surface area contributed by atoms with E-state index in [1.807, 2.05) is 0 Å². The average Bonchev–Trinajstić information content (AvgIpc) is 2.94. The quantitative estimate of drug-likeness (QED) is 0.773. The van der Waals surface area contributed by atoms with E-state index in [4.69, 9.17) is 14.3 Å². The molecule has 4 rings (SSSR count). The van der Waals surface area contributed by atoms with E-state index >= 15 is 0 Å². The normalized spacial score (nSPS) is 17.0. The Kier molecular flexibility index (Phi) is 4.60. The van der Waals surface area contributed by atoms with Gasteiger partial charge in [0.25, 0.3) is 11.8 Å². The largest absolute Gasteiger partial charge is 0.490 e. The summed E-state index contributed by atoms with van der Waals surface area (Å²) in [4.78, 5) is 41.8. The van der Waals surface area contributed by atoms with Crippen molar-refractivity contribution in [1.82, 2.24) is 5.06 Å². The van der Waals surface area contributed by atoms with Gasteiger partial charge in [0, 0.05) is 12.8 Å². The van der Waals surface area contributed by atoms with Crippen molar-refractivity contribution in [2.24, 2.45) is 0 Å². The van der Waals surface area contributed by atoms with Gasteiger partial charge in [0.2, 0.25) is 0 Å². The number of rotatable bonds is 4. The van der Waals surface area contributed by atoms with Crippen LogP contribution in [0.25, 0.3) is 0 Å². The molecule has 0 N–H and O–H groups in total. The molecule has 2 aliphatic rings. The van der Waals surface area contributed by atoms with Gasteiger partial charge in [-0.15, -0.1) is 0 Å². The van der Waals surface area contributed by atoms with Gasteiger partial charge in [0.15, 0.2) is 0 Å². The fourth-order valence-electron chi connectivity index (χ4n) is 3.04. The third-order valence-electron chi connectivity index (χ3n) is 4.49. The van der Waals surface area contributed by atoms with Crippen LogP contribution in [0.5, 0.6) is 5.75 Å². The molecule has 0 radical (unpaired) electrons. The van der Waals surface area contributed by atoms with Crippen molar-refractivity contribution in [2.45, 2.75) is 18.9 Å². The van der Waals surface area contributed by atoms with Gasteiger partial charge in [-0.2, -0.15) is 0 Å². The summed E-state index contributed by atoms with van der Waals surface area (Å²) in [6.45, 7) is 1.35. The first kappa shape index (κ1) is 17.2. The second-order valence-electron chi connectivity index (χ2n) is 6.28. The molecule has 138 valence electrons. The standard InChI is InChI=1S/C20H17NO6/c22-18-16-3-1-2-4-17(16)19(23)21(18)27-20(24)13-5-7-14(8-6-13)26-15-9-11-25-12-10-15/h1-8,15H,9-12H2. The Labute approximate surface area is 155 Å². The van der Waals surface area contributed by atoms with Crippen LogP contribution < -0.4 is 4.74 Å². The van der Waals surface area contributed by atoms with E-state index in [0.29, 0.717) is 24.0 Å². The first-order valence-electron chi connectivity index (χ1n) is 8.68. The lowest BCUT2D eigenvalue weighted by Crippen LogP contribution is -2.32. The Morgan fingerprint density at radius 2 is 1.52 bits per heavy atom. The van der Waals surface area contributed by atoms with Crippen LogP contribution in [0.15, 0.2) is 48.5 Å². The smallest absolute Gasteiger partial charge is 0.363 e. The lowest BCUT2D eigenvalue weighted by atomic mass is 10.1. The number of nitrogens with zero attached hydrogens (tertiary/aromatic N) is 1. The summed E-state index contributed by atoms with van der Waals surface area (Å²) in [5.41, 5.74) is 0.650. The summed E-state index contributed by atoms with van der Waals surface area (Å²) in [7, 11) is 0. The second kappa shape index (κ2) is 7.20. The van der Waals surface area contributed by atoms with Crippen LogP contribution in [0.2, 0.25) is 0 Å². The zero-order valence-electron chi connectivity index (χ0n) is 14.4. The summed E-state index contributed by atoms with van der Waals surface area (Å²) in [5.74, 6) is -1.45. The van der Waals surface area contributed by atoms with Gasteiger partial charge in [-0.25, -0.2) is 4.79 Å². The molecule has 2 aromatic carbocycles. The lowest BCUT2D eigenvalue weighted by Gasteiger charge is -2.23. The Bertz CT molecular complexity index is 851. The number of fused-ring (bicyclic) bond motifs is 1. The van der Waals surface area contributed by atoms with Crippen molar-refractivity contribution >= 4 is 17.8 Å². The summed E-state index contributed by atoms with van der Waals surface area (Å²) in [6.07, 6.45) is 1.74. The number of hydrogen-bond acceptors (Lipinski definition) is 6. The van der Waals surface area contributed by atoms with E-state index in [1.165, 1.54) is 24.3 Å². The van der Waals surface area contributed by atoms with Crippen LogP contribution in [0.4, 0.5) is 0 Å². The van der Waals surface area contributed by atoms with Crippen molar-refractivity contribution in [1.29, 1.82) is 0 Å². The van der Waals surface area contributed by atoms with Crippen LogP contribution in [0.1, 0.15) is 43.9 Å². The fraction of sp³-hybridized carbons (Fsp3) is 0.250. The SMILES string of the molecule is O=C(ON1C(=O)c2ccccc2C1=O)c1ccc(OC2CCOCC2)cc1. The monoisotopic (exact) mass is 367 g/mol. The van der Waals surface area contributed by atoms with Crippen molar-refractivity contribution in [3.63, 3.8) is 0 Å². The van der Waals surface area contributed by atoms with Crippen molar-refractivity contribution in [3.8, 4) is 5.75 Å². The molecule has 2 heterocycles. The van der Waals surface area contributed by atoms with E-state index in [-0.39, 0.29) is 22.8 Å². The summed E-state index contributed by atoms with van der Waals surface area (Å²) in [6, 6.07) is 12.7. The Hall–Kier alpha value is -3.19. The molecule has 0 aromatic heterocycles. The summed E-state index contributed by atoms with van der Waals surface area (Å²) < 4.78 is 11.1. The van der Waals surface area contributed by atoms with Crippen LogP contribution in [0, 0.1) is 0 Å². The highest BCUT2D eigenvalue weighted by Crippen LogP contribution is 2.24. The van der Waals surface area contributed by atoms with E-state index in [1.54, 1.807) is 24.3 Å². The van der Waals surface area contributed by atoms with Crippen LogP contribution in [-0.2, 0) is 9.57 Å². The maximum atomic E-state index is 12.3. The number of hydroxylamine groups is 2. The number of hydrogen-bond donors (Lipinski definition) is 0. The average molecular weight is 367 g/mol. The Morgan fingerprint density at radius 1 is 0.926 bits per heavy atom. The molecule has 0 aliphatic carbocycles. The molecule has 1 saturated heterocycles. The molecule has 0 spiro atoms. The molecule has 2 aromatic rings. The molecule has 2 aliphatic heterocycles. The minimum atomic E-state index is -0.790. The molecule has 0 saturated carbocycles. The Balaban J connectivity index is 1.41. The van der Waals surface area contributed by atoms with E-state index in [2.05, 4.69) is 0 Å². The van der Waals surface area contributed by atoms with Crippen LogP contribution in [-0.4, -0.2) is 42.2 Å². The van der Waals surface area contributed by atoms with Gasteiger partial charge < -0.3 is 14.3 Å².